The number of carboxylic acids is 1. The molecule has 7 nitrogen and oxygen atoms in total. The maximum atomic E-state index is 12.4. The van der Waals surface area contributed by atoms with Gasteiger partial charge in [0.05, 0.1) is 5.92 Å². The van der Waals surface area contributed by atoms with Gasteiger partial charge in [-0.3, -0.25) is 9.59 Å². The summed E-state index contributed by atoms with van der Waals surface area (Å²) in [5.41, 5.74) is 1.92. The number of aryl methyl sites for hydroxylation is 1. The SMILES string of the molecule is Cc1cc(C(=O)NC(C)C)ccc1NC(=O)N1CCCC(C(=O)O)C1. The minimum absolute atomic E-state index is 0.0495. The van der Waals surface area contributed by atoms with E-state index >= 15 is 0 Å². The van der Waals surface area contributed by atoms with E-state index in [1.165, 1.54) is 4.90 Å². The third-order valence-electron chi connectivity index (χ3n) is 4.21. The van der Waals surface area contributed by atoms with Gasteiger partial charge in [0.2, 0.25) is 0 Å². The van der Waals surface area contributed by atoms with Crippen LogP contribution in [0, 0.1) is 12.8 Å². The van der Waals surface area contributed by atoms with Crippen LogP contribution in [0.3, 0.4) is 0 Å². The number of nitrogens with zero attached hydrogens (tertiary/aromatic N) is 1. The monoisotopic (exact) mass is 347 g/mol. The second-order valence-electron chi connectivity index (χ2n) is 6.71. The van der Waals surface area contributed by atoms with Crippen molar-refractivity contribution < 1.29 is 19.5 Å². The normalized spacial score (nSPS) is 17.3. The van der Waals surface area contributed by atoms with Crippen molar-refractivity contribution in [3.8, 4) is 0 Å². The number of hydrogen-bond acceptors (Lipinski definition) is 3. The van der Waals surface area contributed by atoms with Gasteiger partial charge in [-0.1, -0.05) is 0 Å². The molecule has 136 valence electrons. The topological polar surface area (TPSA) is 98.7 Å². The molecular formula is C18H25N3O4. The molecule has 1 heterocycles. The molecule has 1 aliphatic heterocycles. The molecule has 1 aromatic rings. The molecule has 25 heavy (non-hydrogen) atoms. The first-order valence-corrected chi connectivity index (χ1v) is 8.48. The quantitative estimate of drug-likeness (QED) is 0.779. The Bertz CT molecular complexity index is 672. The van der Waals surface area contributed by atoms with Crippen molar-refractivity contribution in [3.05, 3.63) is 29.3 Å². The number of amides is 3. The highest BCUT2D eigenvalue weighted by molar-refractivity contribution is 5.96. The van der Waals surface area contributed by atoms with Crippen LogP contribution in [0.1, 0.15) is 42.6 Å². The molecule has 0 radical (unpaired) electrons. The lowest BCUT2D eigenvalue weighted by atomic mass is 9.99. The van der Waals surface area contributed by atoms with E-state index in [2.05, 4.69) is 10.6 Å². The highest BCUT2D eigenvalue weighted by atomic mass is 16.4. The molecule has 0 aromatic heterocycles. The number of hydrogen-bond donors (Lipinski definition) is 3. The fourth-order valence-corrected chi connectivity index (χ4v) is 2.85. The summed E-state index contributed by atoms with van der Waals surface area (Å²) in [5, 5.41) is 14.8. The van der Waals surface area contributed by atoms with Crippen LogP contribution in [0.5, 0.6) is 0 Å². The van der Waals surface area contributed by atoms with E-state index in [-0.39, 0.29) is 24.5 Å². The van der Waals surface area contributed by atoms with Gasteiger partial charge in [0, 0.05) is 30.4 Å². The van der Waals surface area contributed by atoms with Crippen LogP contribution in [0.15, 0.2) is 18.2 Å². The van der Waals surface area contributed by atoms with Crippen molar-refractivity contribution in [2.75, 3.05) is 18.4 Å². The van der Waals surface area contributed by atoms with Crippen LogP contribution in [0.4, 0.5) is 10.5 Å². The Kier molecular flexibility index (Phi) is 6.01. The smallest absolute Gasteiger partial charge is 0.321 e. The number of likely N-dealkylation sites (tertiary alicyclic amines) is 1. The average Bonchev–Trinajstić information content (AvgIpc) is 2.56. The summed E-state index contributed by atoms with van der Waals surface area (Å²) in [4.78, 5) is 37.1. The van der Waals surface area contributed by atoms with Gasteiger partial charge >= 0.3 is 12.0 Å². The first-order chi connectivity index (χ1) is 11.8. The lowest BCUT2D eigenvalue weighted by molar-refractivity contribution is -0.143. The first-order valence-electron chi connectivity index (χ1n) is 8.48. The summed E-state index contributed by atoms with van der Waals surface area (Å²) in [5.74, 6) is -1.53. The zero-order valence-corrected chi connectivity index (χ0v) is 14.8. The second-order valence-corrected chi connectivity index (χ2v) is 6.71. The van der Waals surface area contributed by atoms with Crippen molar-refractivity contribution in [1.82, 2.24) is 10.2 Å². The van der Waals surface area contributed by atoms with Crippen LogP contribution in [-0.2, 0) is 4.79 Å². The van der Waals surface area contributed by atoms with Crippen molar-refractivity contribution >= 4 is 23.6 Å². The molecule has 3 amide bonds. The molecule has 0 saturated carbocycles. The number of aliphatic carboxylic acids is 1. The number of benzene rings is 1. The summed E-state index contributed by atoms with van der Waals surface area (Å²) >= 11 is 0. The Morgan fingerprint density at radius 2 is 2.00 bits per heavy atom. The predicted molar refractivity (Wildman–Crippen MR) is 94.7 cm³/mol. The molecule has 1 unspecified atom stereocenters. The Hall–Kier alpha value is -2.57. The Labute approximate surface area is 147 Å². The predicted octanol–water partition coefficient (Wildman–Crippen LogP) is 2.46. The molecule has 1 atom stereocenters. The number of carboxylic acid groups (broad SMARTS) is 1. The Morgan fingerprint density at radius 1 is 1.28 bits per heavy atom. The van der Waals surface area contributed by atoms with E-state index in [9.17, 15) is 14.4 Å². The maximum Gasteiger partial charge on any atom is 0.321 e. The van der Waals surface area contributed by atoms with Gasteiger partial charge < -0.3 is 20.6 Å². The average molecular weight is 347 g/mol. The molecule has 0 aliphatic carbocycles. The zero-order chi connectivity index (χ0) is 18.6. The van der Waals surface area contributed by atoms with Gasteiger partial charge in [0.15, 0.2) is 0 Å². The summed E-state index contributed by atoms with van der Waals surface area (Å²) in [6.07, 6.45) is 1.27. The molecule has 0 spiro atoms. The summed E-state index contributed by atoms with van der Waals surface area (Å²) in [6.45, 7) is 6.36. The van der Waals surface area contributed by atoms with E-state index in [0.717, 1.165) is 5.56 Å². The zero-order valence-electron chi connectivity index (χ0n) is 14.8. The van der Waals surface area contributed by atoms with E-state index in [1.54, 1.807) is 18.2 Å². The first kappa shape index (κ1) is 18.8. The third kappa shape index (κ3) is 4.95. The van der Waals surface area contributed by atoms with Gasteiger partial charge in [-0.15, -0.1) is 0 Å². The Morgan fingerprint density at radius 3 is 2.60 bits per heavy atom. The number of carbonyl (C=O) groups excluding carboxylic acids is 2. The third-order valence-corrected chi connectivity index (χ3v) is 4.21. The van der Waals surface area contributed by atoms with Crippen molar-refractivity contribution in [2.24, 2.45) is 5.92 Å². The largest absolute Gasteiger partial charge is 0.481 e. The highest BCUT2D eigenvalue weighted by Crippen LogP contribution is 2.20. The van der Waals surface area contributed by atoms with Crippen LogP contribution >= 0.6 is 0 Å². The highest BCUT2D eigenvalue weighted by Gasteiger charge is 2.28. The number of nitrogens with one attached hydrogen (secondary N) is 2. The van der Waals surface area contributed by atoms with Crippen molar-refractivity contribution in [1.29, 1.82) is 0 Å². The van der Waals surface area contributed by atoms with Gasteiger partial charge in [-0.2, -0.15) is 0 Å². The molecular weight excluding hydrogens is 322 g/mol. The molecule has 0 bridgehead atoms. The lowest BCUT2D eigenvalue weighted by Gasteiger charge is -2.30. The van der Waals surface area contributed by atoms with Gasteiger partial charge in [-0.05, 0) is 57.4 Å². The standard InChI is InChI=1S/C18H25N3O4/c1-11(2)19-16(22)13-6-7-15(12(3)9-13)20-18(25)21-8-4-5-14(10-21)17(23)24/h6-7,9,11,14H,4-5,8,10H2,1-3H3,(H,19,22)(H,20,25)(H,23,24). The van der Waals surface area contributed by atoms with E-state index in [1.807, 2.05) is 20.8 Å². The molecule has 1 saturated heterocycles. The second kappa shape index (κ2) is 8.00. The fourth-order valence-electron chi connectivity index (χ4n) is 2.85. The minimum atomic E-state index is -0.866. The summed E-state index contributed by atoms with van der Waals surface area (Å²) < 4.78 is 0. The molecule has 7 heteroatoms. The molecule has 1 fully saturated rings. The van der Waals surface area contributed by atoms with E-state index < -0.39 is 11.9 Å². The number of urea groups is 1. The van der Waals surface area contributed by atoms with Crippen LogP contribution in [-0.4, -0.2) is 47.0 Å². The molecule has 1 aliphatic rings. The lowest BCUT2D eigenvalue weighted by Crippen LogP contribution is -2.44. The maximum absolute atomic E-state index is 12.4. The van der Waals surface area contributed by atoms with Crippen molar-refractivity contribution in [2.45, 2.75) is 39.7 Å². The number of rotatable bonds is 4. The summed E-state index contributed by atoms with van der Waals surface area (Å²) in [6, 6.07) is 4.82. The molecule has 3 N–H and O–H groups in total. The van der Waals surface area contributed by atoms with E-state index in [0.29, 0.717) is 30.6 Å². The number of carbonyl (C=O) groups is 3. The fraction of sp³-hybridized carbons (Fsp3) is 0.500. The van der Waals surface area contributed by atoms with Crippen LogP contribution in [0.2, 0.25) is 0 Å². The van der Waals surface area contributed by atoms with Crippen LogP contribution in [0.25, 0.3) is 0 Å². The minimum Gasteiger partial charge on any atom is -0.481 e. The van der Waals surface area contributed by atoms with Crippen LogP contribution < -0.4 is 10.6 Å². The van der Waals surface area contributed by atoms with E-state index in [4.69, 9.17) is 5.11 Å². The Balaban J connectivity index is 2.03. The van der Waals surface area contributed by atoms with Gasteiger partial charge in [0.1, 0.15) is 0 Å². The van der Waals surface area contributed by atoms with Gasteiger partial charge in [0.25, 0.3) is 5.91 Å². The van der Waals surface area contributed by atoms with Crippen molar-refractivity contribution in [3.63, 3.8) is 0 Å². The number of anilines is 1. The number of piperidine rings is 1. The molecule has 2 rings (SSSR count). The van der Waals surface area contributed by atoms with Gasteiger partial charge in [-0.25, -0.2) is 4.79 Å². The summed E-state index contributed by atoms with van der Waals surface area (Å²) in [7, 11) is 0. The molecule has 1 aromatic carbocycles.